The van der Waals surface area contributed by atoms with Crippen LogP contribution in [0.2, 0.25) is 0 Å². The summed E-state index contributed by atoms with van der Waals surface area (Å²) in [5.41, 5.74) is 1.18. The molecule has 11 heteroatoms. The van der Waals surface area contributed by atoms with Gasteiger partial charge in [0.15, 0.2) is 5.96 Å². The zero-order valence-corrected chi connectivity index (χ0v) is 19.3. The molecule has 1 aromatic carbocycles. The lowest BCUT2D eigenvalue weighted by molar-refractivity contribution is 0.259. The van der Waals surface area contributed by atoms with Crippen LogP contribution in [-0.2, 0) is 22.3 Å². The minimum atomic E-state index is -3.45. The van der Waals surface area contributed by atoms with Gasteiger partial charge >= 0.3 is 0 Å². The Morgan fingerprint density at radius 3 is 2.66 bits per heavy atom. The van der Waals surface area contributed by atoms with Crippen molar-refractivity contribution < 1.29 is 17.3 Å². The molecule has 1 aliphatic heterocycles. The fourth-order valence-electron chi connectivity index (χ4n) is 3.00. The van der Waals surface area contributed by atoms with Gasteiger partial charge < -0.3 is 14.7 Å². The van der Waals surface area contributed by atoms with E-state index in [1.54, 1.807) is 12.1 Å². The zero-order chi connectivity index (χ0) is 20.0. The molecule has 0 atom stereocenters. The normalized spacial score (nSPS) is 15.8. The fraction of sp³-hybridized carbons (Fsp3) is 0.444. The molecule has 0 spiro atoms. The minimum absolute atomic E-state index is 0. The Labute approximate surface area is 187 Å². The zero-order valence-electron chi connectivity index (χ0n) is 16.1. The predicted octanol–water partition coefficient (Wildman–Crippen LogP) is 2.04. The van der Waals surface area contributed by atoms with E-state index >= 15 is 0 Å². The highest BCUT2D eigenvalue weighted by molar-refractivity contribution is 14.0. The summed E-state index contributed by atoms with van der Waals surface area (Å²) in [4.78, 5) is 6.59. The van der Waals surface area contributed by atoms with Crippen molar-refractivity contribution in [2.45, 2.75) is 19.2 Å². The highest BCUT2D eigenvalue weighted by atomic mass is 127. The van der Waals surface area contributed by atoms with Crippen molar-refractivity contribution in [1.82, 2.24) is 19.7 Å². The van der Waals surface area contributed by atoms with E-state index in [1.165, 1.54) is 22.7 Å². The van der Waals surface area contributed by atoms with E-state index in [4.69, 9.17) is 4.52 Å². The van der Waals surface area contributed by atoms with Gasteiger partial charge in [0.2, 0.25) is 10.0 Å². The molecule has 0 radical (unpaired) electrons. The maximum Gasteiger partial charge on any atom is 0.220 e. The van der Waals surface area contributed by atoms with E-state index in [1.807, 2.05) is 17.9 Å². The third-order valence-corrected chi connectivity index (χ3v) is 6.20. The first kappa shape index (κ1) is 23.5. The van der Waals surface area contributed by atoms with Crippen molar-refractivity contribution in [1.29, 1.82) is 0 Å². The summed E-state index contributed by atoms with van der Waals surface area (Å²) >= 11 is 0. The number of guanidine groups is 1. The number of nitrogens with zero attached hydrogens (tertiary/aromatic N) is 4. The molecule has 2 aromatic rings. The minimum Gasteiger partial charge on any atom is -0.364 e. The molecule has 3 rings (SSSR count). The average molecular weight is 537 g/mol. The van der Waals surface area contributed by atoms with Gasteiger partial charge in [-0.1, -0.05) is 17.3 Å². The molecule has 1 aliphatic rings. The lowest BCUT2D eigenvalue weighted by Gasteiger charge is -2.35. The van der Waals surface area contributed by atoms with Crippen LogP contribution in [0.5, 0.6) is 0 Å². The van der Waals surface area contributed by atoms with Gasteiger partial charge in [-0.2, -0.15) is 4.31 Å². The molecule has 1 N–H and O–H groups in total. The van der Waals surface area contributed by atoms with Crippen LogP contribution in [0.4, 0.5) is 4.39 Å². The van der Waals surface area contributed by atoms with Crippen LogP contribution in [0.1, 0.15) is 18.2 Å². The fourth-order valence-corrected chi connectivity index (χ4v) is 4.42. The Kier molecular flexibility index (Phi) is 8.83. The number of aliphatic imine (C=N–C) groups is 1. The SMILES string of the molecule is CCNC(=NCc1cccc(F)c1)N1CCN(S(=O)(=O)Cc2ccon2)CC1.I. The van der Waals surface area contributed by atoms with Crippen molar-refractivity contribution in [2.24, 2.45) is 4.99 Å². The van der Waals surface area contributed by atoms with Crippen LogP contribution in [0.25, 0.3) is 0 Å². The number of hydrogen-bond acceptors (Lipinski definition) is 5. The van der Waals surface area contributed by atoms with Crippen LogP contribution in [0, 0.1) is 5.82 Å². The Morgan fingerprint density at radius 1 is 1.28 bits per heavy atom. The number of benzene rings is 1. The van der Waals surface area contributed by atoms with Crippen LogP contribution in [0.3, 0.4) is 0 Å². The first-order valence-electron chi connectivity index (χ1n) is 9.12. The van der Waals surface area contributed by atoms with Crippen LogP contribution < -0.4 is 5.32 Å². The third kappa shape index (κ3) is 6.64. The smallest absolute Gasteiger partial charge is 0.220 e. The monoisotopic (exact) mass is 537 g/mol. The summed E-state index contributed by atoms with van der Waals surface area (Å²) in [5, 5.41) is 6.89. The number of halogens is 2. The number of piperazine rings is 1. The summed E-state index contributed by atoms with van der Waals surface area (Å²) in [6.45, 7) is 4.78. The number of hydrogen-bond donors (Lipinski definition) is 1. The number of rotatable bonds is 6. The first-order valence-corrected chi connectivity index (χ1v) is 10.7. The number of nitrogens with one attached hydrogen (secondary N) is 1. The van der Waals surface area contributed by atoms with Crippen molar-refractivity contribution in [3.8, 4) is 0 Å². The Morgan fingerprint density at radius 2 is 2.03 bits per heavy atom. The molecule has 160 valence electrons. The summed E-state index contributed by atoms with van der Waals surface area (Å²) in [5.74, 6) is 0.237. The van der Waals surface area contributed by atoms with Gasteiger partial charge in [-0.05, 0) is 24.6 Å². The van der Waals surface area contributed by atoms with Gasteiger partial charge in [-0.25, -0.2) is 17.8 Å². The first-order chi connectivity index (χ1) is 13.5. The van der Waals surface area contributed by atoms with Crippen molar-refractivity contribution in [3.63, 3.8) is 0 Å². The summed E-state index contributed by atoms with van der Waals surface area (Å²) < 4.78 is 44.6. The number of aromatic nitrogens is 1. The van der Waals surface area contributed by atoms with E-state index in [0.29, 0.717) is 50.9 Å². The highest BCUT2D eigenvalue weighted by Crippen LogP contribution is 2.13. The second-order valence-electron chi connectivity index (χ2n) is 6.43. The van der Waals surface area contributed by atoms with Crippen molar-refractivity contribution in [3.05, 3.63) is 53.7 Å². The van der Waals surface area contributed by atoms with E-state index < -0.39 is 10.0 Å². The summed E-state index contributed by atoms with van der Waals surface area (Å²) in [7, 11) is -3.45. The lowest BCUT2D eigenvalue weighted by atomic mass is 10.2. The van der Waals surface area contributed by atoms with E-state index in [2.05, 4.69) is 15.5 Å². The van der Waals surface area contributed by atoms with Gasteiger partial charge in [0.1, 0.15) is 17.8 Å². The molecule has 0 amide bonds. The maximum absolute atomic E-state index is 13.3. The number of sulfonamides is 1. The quantitative estimate of drug-likeness (QED) is 0.345. The molecular formula is C18H25FIN5O3S. The summed E-state index contributed by atoms with van der Waals surface area (Å²) in [6, 6.07) is 7.89. The standard InChI is InChI=1S/C18H24FN5O3S.HI/c1-2-20-18(21-13-15-4-3-5-16(19)12-15)23-7-9-24(10-8-23)28(25,26)14-17-6-11-27-22-17;/h3-6,11-12H,2,7-10,13-14H2,1H3,(H,20,21);1H. The van der Waals surface area contributed by atoms with Crippen molar-refractivity contribution in [2.75, 3.05) is 32.7 Å². The lowest BCUT2D eigenvalue weighted by Crippen LogP contribution is -2.53. The molecule has 8 nitrogen and oxygen atoms in total. The van der Waals surface area contributed by atoms with Crippen LogP contribution in [-0.4, -0.2) is 61.5 Å². The van der Waals surface area contributed by atoms with Crippen LogP contribution >= 0.6 is 24.0 Å². The molecule has 29 heavy (non-hydrogen) atoms. The van der Waals surface area contributed by atoms with Gasteiger partial charge in [0.05, 0.1) is 12.2 Å². The maximum atomic E-state index is 13.3. The van der Waals surface area contributed by atoms with Crippen molar-refractivity contribution >= 4 is 40.0 Å². The molecule has 0 aliphatic carbocycles. The van der Waals surface area contributed by atoms with E-state index in [-0.39, 0.29) is 35.5 Å². The molecule has 0 unspecified atom stereocenters. The topological polar surface area (TPSA) is 91.0 Å². The molecule has 1 aromatic heterocycles. The molecule has 0 bridgehead atoms. The second-order valence-corrected chi connectivity index (χ2v) is 8.40. The largest absolute Gasteiger partial charge is 0.364 e. The highest BCUT2D eigenvalue weighted by Gasteiger charge is 2.28. The van der Waals surface area contributed by atoms with Gasteiger partial charge in [0, 0.05) is 38.8 Å². The van der Waals surface area contributed by atoms with Crippen LogP contribution in [0.15, 0.2) is 46.1 Å². The van der Waals surface area contributed by atoms with E-state index in [0.717, 1.165) is 5.56 Å². The molecular weight excluding hydrogens is 512 g/mol. The van der Waals surface area contributed by atoms with Gasteiger partial charge in [0.25, 0.3) is 0 Å². The average Bonchev–Trinajstić information content (AvgIpc) is 3.17. The Bertz CT molecular complexity index is 900. The molecule has 1 fully saturated rings. The molecule has 0 saturated carbocycles. The molecule has 2 heterocycles. The van der Waals surface area contributed by atoms with Gasteiger partial charge in [-0.3, -0.25) is 0 Å². The van der Waals surface area contributed by atoms with E-state index in [9.17, 15) is 12.8 Å². The Balaban J connectivity index is 0.00000300. The Hall–Kier alpha value is -1.73. The predicted molar refractivity (Wildman–Crippen MR) is 119 cm³/mol. The van der Waals surface area contributed by atoms with Gasteiger partial charge in [-0.15, -0.1) is 24.0 Å². The third-order valence-electron chi connectivity index (χ3n) is 4.39. The second kappa shape index (κ2) is 10.9. The molecule has 1 saturated heterocycles. The summed E-state index contributed by atoms with van der Waals surface area (Å²) in [6.07, 6.45) is 1.36.